The minimum Gasteiger partial charge on any atom is -0.362 e. The molecule has 0 saturated heterocycles. The molecule has 2 atom stereocenters. The molecule has 0 radical (unpaired) electrons. The number of benzene rings is 1. The van der Waals surface area contributed by atoms with E-state index in [0.29, 0.717) is 28.3 Å². The quantitative estimate of drug-likeness (QED) is 0.649. The summed E-state index contributed by atoms with van der Waals surface area (Å²) in [5.74, 6) is -0.148. The zero-order valence-electron chi connectivity index (χ0n) is 16.3. The summed E-state index contributed by atoms with van der Waals surface area (Å²) < 4.78 is 41.7. The number of nitrogens with zero attached hydrogens (tertiary/aromatic N) is 2. The van der Waals surface area contributed by atoms with Crippen LogP contribution in [0.25, 0.3) is 0 Å². The minimum atomic E-state index is -4.68. The van der Waals surface area contributed by atoms with E-state index in [2.05, 4.69) is 15.5 Å². The van der Waals surface area contributed by atoms with Gasteiger partial charge in [-0.25, -0.2) is 0 Å². The maximum Gasteiger partial charge on any atom is 0.435 e. The Morgan fingerprint density at radius 3 is 2.62 bits per heavy atom. The molecule has 2 heterocycles. The van der Waals surface area contributed by atoms with E-state index < -0.39 is 23.5 Å². The number of ketones is 1. The zero-order chi connectivity index (χ0) is 21.2. The lowest BCUT2D eigenvalue weighted by Gasteiger charge is -2.48. The van der Waals surface area contributed by atoms with Crippen LogP contribution in [-0.2, 0) is 10.2 Å². The average molecular weight is 424 g/mol. The number of hydrogen-bond acceptors (Lipinski definition) is 4. The van der Waals surface area contributed by atoms with E-state index in [1.807, 2.05) is 13.8 Å². The van der Waals surface area contributed by atoms with Gasteiger partial charge in [-0.3, -0.25) is 4.79 Å². The van der Waals surface area contributed by atoms with Gasteiger partial charge in [-0.15, -0.1) is 5.11 Å². The SMILES string of the molecule is CCC1(c2cccc(Cl)c2)C2=C(CC(C)(C)CC2=O)NC2N=NC(C(F)(F)F)=C21. The monoisotopic (exact) mass is 423 g/mol. The first kappa shape index (κ1) is 20.1. The first-order valence-electron chi connectivity index (χ1n) is 9.52. The highest BCUT2D eigenvalue weighted by Gasteiger charge is 2.57. The molecule has 2 unspecified atom stereocenters. The Balaban J connectivity index is 2.09. The van der Waals surface area contributed by atoms with Crippen LogP contribution >= 0.6 is 11.6 Å². The number of azo groups is 1. The zero-order valence-corrected chi connectivity index (χ0v) is 17.1. The van der Waals surface area contributed by atoms with E-state index >= 15 is 0 Å². The van der Waals surface area contributed by atoms with E-state index in [1.54, 1.807) is 31.2 Å². The molecule has 3 aliphatic rings. The van der Waals surface area contributed by atoms with Gasteiger partial charge in [-0.1, -0.05) is 44.5 Å². The first-order chi connectivity index (χ1) is 13.5. The molecule has 0 bridgehead atoms. The molecule has 0 spiro atoms. The Hall–Kier alpha value is -2.15. The van der Waals surface area contributed by atoms with E-state index in [-0.39, 0.29) is 29.6 Å². The third kappa shape index (κ3) is 3.01. The molecule has 154 valence electrons. The largest absolute Gasteiger partial charge is 0.435 e. The van der Waals surface area contributed by atoms with Crippen LogP contribution in [0.4, 0.5) is 13.2 Å². The molecule has 8 heteroatoms. The van der Waals surface area contributed by atoms with Gasteiger partial charge >= 0.3 is 6.18 Å². The van der Waals surface area contributed by atoms with Crippen molar-refractivity contribution in [2.45, 2.75) is 57.8 Å². The highest BCUT2D eigenvalue weighted by Crippen LogP contribution is 2.56. The number of halogens is 4. The summed E-state index contributed by atoms with van der Waals surface area (Å²) in [4.78, 5) is 13.3. The normalized spacial score (nSPS) is 28.4. The number of allylic oxidation sites excluding steroid dienone is 3. The molecular formula is C21H21ClF3N3O. The Bertz CT molecular complexity index is 993. The summed E-state index contributed by atoms with van der Waals surface area (Å²) in [7, 11) is 0. The van der Waals surface area contributed by atoms with Crippen LogP contribution in [0, 0.1) is 5.41 Å². The van der Waals surface area contributed by atoms with Crippen molar-refractivity contribution in [2.75, 3.05) is 0 Å². The van der Waals surface area contributed by atoms with Gasteiger partial charge in [0.05, 0.1) is 5.41 Å². The maximum atomic E-state index is 13.9. The molecule has 29 heavy (non-hydrogen) atoms. The molecule has 1 aromatic carbocycles. The van der Waals surface area contributed by atoms with Crippen LogP contribution in [0.3, 0.4) is 0 Å². The van der Waals surface area contributed by atoms with Gasteiger partial charge in [0.2, 0.25) is 0 Å². The fourth-order valence-electron chi connectivity index (χ4n) is 4.97. The van der Waals surface area contributed by atoms with Gasteiger partial charge in [0.15, 0.2) is 17.6 Å². The third-order valence-corrected chi connectivity index (χ3v) is 6.23. The van der Waals surface area contributed by atoms with Crippen LogP contribution in [0.2, 0.25) is 5.02 Å². The lowest BCUT2D eigenvalue weighted by molar-refractivity contribution is -0.119. The highest BCUT2D eigenvalue weighted by molar-refractivity contribution is 6.30. The predicted octanol–water partition coefficient (Wildman–Crippen LogP) is 5.84. The molecule has 0 fully saturated rings. The number of carbonyl (C=O) groups excluding carboxylic acids is 1. The van der Waals surface area contributed by atoms with Gasteiger partial charge in [0.1, 0.15) is 0 Å². The second-order valence-electron chi connectivity index (χ2n) is 8.59. The fraction of sp³-hybridized carbons (Fsp3) is 0.476. The second kappa shape index (κ2) is 6.42. The lowest BCUT2D eigenvalue weighted by Crippen LogP contribution is -2.52. The van der Waals surface area contributed by atoms with Crippen LogP contribution in [0.1, 0.15) is 45.6 Å². The highest BCUT2D eigenvalue weighted by atomic mass is 35.5. The number of hydrogen-bond donors (Lipinski definition) is 1. The molecule has 4 rings (SSSR count). The van der Waals surface area contributed by atoms with Crippen LogP contribution in [-0.4, -0.2) is 18.1 Å². The molecule has 0 amide bonds. The first-order valence-corrected chi connectivity index (χ1v) is 9.89. The van der Waals surface area contributed by atoms with Gasteiger partial charge in [-0.05, 0) is 36.0 Å². The summed E-state index contributed by atoms with van der Waals surface area (Å²) in [6, 6.07) is 6.73. The van der Waals surface area contributed by atoms with Crippen molar-refractivity contribution in [3.63, 3.8) is 0 Å². The molecule has 4 nitrogen and oxygen atoms in total. The fourth-order valence-corrected chi connectivity index (χ4v) is 5.16. The average Bonchev–Trinajstić information content (AvgIpc) is 3.03. The van der Waals surface area contributed by atoms with Crippen LogP contribution in [0.5, 0.6) is 0 Å². The Morgan fingerprint density at radius 2 is 2.00 bits per heavy atom. The van der Waals surface area contributed by atoms with E-state index in [1.165, 1.54) is 0 Å². The van der Waals surface area contributed by atoms with Crippen LogP contribution in [0.15, 0.2) is 57.0 Å². The van der Waals surface area contributed by atoms with Crippen molar-refractivity contribution < 1.29 is 18.0 Å². The van der Waals surface area contributed by atoms with Crippen molar-refractivity contribution in [1.29, 1.82) is 0 Å². The molecule has 1 N–H and O–H groups in total. The Morgan fingerprint density at radius 1 is 1.28 bits per heavy atom. The smallest absolute Gasteiger partial charge is 0.362 e. The second-order valence-corrected chi connectivity index (χ2v) is 9.02. The molecule has 0 aromatic heterocycles. The summed E-state index contributed by atoms with van der Waals surface area (Å²) >= 11 is 6.21. The van der Waals surface area contributed by atoms with E-state index in [9.17, 15) is 18.0 Å². The number of Topliss-reactive ketones (excluding diaryl/α,β-unsaturated/α-hetero) is 1. The molecular weight excluding hydrogens is 403 g/mol. The summed E-state index contributed by atoms with van der Waals surface area (Å²) in [6.07, 6.45) is -4.55. The van der Waals surface area contributed by atoms with Crippen molar-refractivity contribution in [3.8, 4) is 0 Å². The Kier molecular flexibility index (Phi) is 4.46. The number of alkyl halides is 3. The maximum absolute atomic E-state index is 13.9. The summed E-state index contributed by atoms with van der Waals surface area (Å²) in [5, 5.41) is 10.9. The van der Waals surface area contributed by atoms with Crippen molar-refractivity contribution in [1.82, 2.24) is 5.32 Å². The number of carbonyl (C=O) groups is 1. The van der Waals surface area contributed by atoms with E-state index in [0.717, 1.165) is 0 Å². The number of fused-ring (bicyclic) bond motifs is 1. The van der Waals surface area contributed by atoms with Crippen LogP contribution < -0.4 is 5.32 Å². The van der Waals surface area contributed by atoms with Crippen molar-refractivity contribution in [3.05, 3.63) is 57.4 Å². The molecule has 0 saturated carbocycles. The summed E-state index contributed by atoms with van der Waals surface area (Å²) in [6.45, 7) is 5.75. The molecule has 1 aliphatic carbocycles. The van der Waals surface area contributed by atoms with Gasteiger partial charge in [0.25, 0.3) is 0 Å². The molecule has 2 aliphatic heterocycles. The predicted molar refractivity (Wildman–Crippen MR) is 103 cm³/mol. The molecule has 1 aromatic rings. The van der Waals surface area contributed by atoms with Crippen molar-refractivity contribution in [2.24, 2.45) is 15.6 Å². The van der Waals surface area contributed by atoms with Gasteiger partial charge in [0, 0.05) is 28.3 Å². The third-order valence-electron chi connectivity index (χ3n) is 5.99. The summed E-state index contributed by atoms with van der Waals surface area (Å²) in [5.41, 5.74) is -1.00. The Labute approximate surface area is 171 Å². The van der Waals surface area contributed by atoms with Crippen molar-refractivity contribution >= 4 is 17.4 Å². The van der Waals surface area contributed by atoms with Gasteiger partial charge in [-0.2, -0.15) is 18.3 Å². The minimum absolute atomic E-state index is 0.0124. The topological polar surface area (TPSA) is 53.8 Å². The van der Waals surface area contributed by atoms with Gasteiger partial charge < -0.3 is 5.32 Å². The lowest BCUT2D eigenvalue weighted by atomic mass is 9.58. The van der Waals surface area contributed by atoms with E-state index in [4.69, 9.17) is 11.6 Å². The standard InChI is InChI=1S/C21H21ClF3N3O/c1-4-20(11-6-5-7-12(22)8-11)15-13(9-19(2,3)10-14(15)29)26-18-16(20)17(27-28-18)21(23,24)25/h5-8,18,26H,4,9-10H2,1-3H3. The number of nitrogens with one attached hydrogen (secondary N) is 1. The number of rotatable bonds is 2.